The van der Waals surface area contributed by atoms with Gasteiger partial charge in [0.1, 0.15) is 0 Å². The van der Waals surface area contributed by atoms with Crippen molar-refractivity contribution < 1.29 is 0 Å². The molecule has 0 N–H and O–H groups in total. The molecule has 3 aromatic rings. The first-order chi connectivity index (χ1) is 10.1. The maximum atomic E-state index is 12.4. The van der Waals surface area contributed by atoms with E-state index in [9.17, 15) is 4.79 Å². The third kappa shape index (κ3) is 2.72. The molecule has 0 aliphatic heterocycles. The van der Waals surface area contributed by atoms with Crippen molar-refractivity contribution in [1.29, 1.82) is 0 Å². The van der Waals surface area contributed by atoms with Gasteiger partial charge < -0.3 is 0 Å². The van der Waals surface area contributed by atoms with E-state index in [2.05, 4.69) is 10.1 Å². The second-order valence-electron chi connectivity index (χ2n) is 5.34. The normalized spacial score (nSPS) is 11.1. The summed E-state index contributed by atoms with van der Waals surface area (Å²) >= 11 is 0. The summed E-state index contributed by atoms with van der Waals surface area (Å²) in [5, 5.41) is 4.84. The van der Waals surface area contributed by atoms with Crippen LogP contribution in [-0.4, -0.2) is 19.3 Å². The average molecular weight is 282 g/mol. The molecular formula is C16H18N4O. The zero-order chi connectivity index (χ0) is 14.8. The molecule has 1 aromatic carbocycles. The maximum absolute atomic E-state index is 12.4. The van der Waals surface area contributed by atoms with Crippen LogP contribution in [0.5, 0.6) is 0 Å². The Balaban J connectivity index is 1.78. The van der Waals surface area contributed by atoms with Gasteiger partial charge in [0.05, 0.1) is 23.4 Å². The minimum absolute atomic E-state index is 0.0369. The number of rotatable bonds is 4. The highest BCUT2D eigenvalue weighted by Gasteiger charge is 2.05. The highest BCUT2D eigenvalue weighted by Crippen LogP contribution is 2.11. The van der Waals surface area contributed by atoms with Crippen molar-refractivity contribution in [1.82, 2.24) is 19.3 Å². The van der Waals surface area contributed by atoms with Crippen LogP contribution >= 0.6 is 0 Å². The Labute approximate surface area is 122 Å². The Morgan fingerprint density at radius 1 is 1.29 bits per heavy atom. The molecule has 0 aliphatic rings. The van der Waals surface area contributed by atoms with E-state index in [0.717, 1.165) is 23.9 Å². The van der Waals surface area contributed by atoms with Crippen LogP contribution in [0, 0.1) is 6.92 Å². The smallest absolute Gasteiger partial charge is 0.261 e. The van der Waals surface area contributed by atoms with E-state index in [-0.39, 0.29) is 5.56 Å². The van der Waals surface area contributed by atoms with Gasteiger partial charge in [0, 0.05) is 19.8 Å². The predicted molar refractivity (Wildman–Crippen MR) is 82.3 cm³/mol. The topological polar surface area (TPSA) is 52.7 Å². The quantitative estimate of drug-likeness (QED) is 0.736. The molecule has 0 radical (unpaired) electrons. The first kappa shape index (κ1) is 13.5. The number of aryl methyl sites for hydroxylation is 4. The van der Waals surface area contributed by atoms with Crippen LogP contribution in [0.25, 0.3) is 10.9 Å². The third-order valence-corrected chi connectivity index (χ3v) is 3.68. The average Bonchev–Trinajstić information content (AvgIpc) is 2.88. The zero-order valence-electron chi connectivity index (χ0n) is 12.3. The van der Waals surface area contributed by atoms with Crippen molar-refractivity contribution in [2.75, 3.05) is 0 Å². The summed E-state index contributed by atoms with van der Waals surface area (Å²) in [5.74, 6) is 0. The Hall–Kier alpha value is -2.43. The lowest BCUT2D eigenvalue weighted by Gasteiger charge is -2.07. The van der Waals surface area contributed by atoms with Gasteiger partial charge in [0.25, 0.3) is 5.56 Å². The Kier molecular flexibility index (Phi) is 3.56. The molecule has 0 fully saturated rings. The summed E-state index contributed by atoms with van der Waals surface area (Å²) in [5.41, 5.74) is 3.06. The van der Waals surface area contributed by atoms with Gasteiger partial charge in [0.2, 0.25) is 0 Å². The number of fused-ring (bicyclic) bond motifs is 1. The number of aromatic nitrogens is 4. The van der Waals surface area contributed by atoms with E-state index in [0.29, 0.717) is 11.9 Å². The van der Waals surface area contributed by atoms with Gasteiger partial charge in [-0.25, -0.2) is 4.98 Å². The van der Waals surface area contributed by atoms with E-state index in [1.54, 1.807) is 15.6 Å². The van der Waals surface area contributed by atoms with E-state index >= 15 is 0 Å². The standard InChI is InChI=1S/C16H18N4O/c1-12-5-3-7-14-15(12)17-11-20(16(14)21)8-4-6-13-9-18-19(2)10-13/h3,5,7,9-11H,4,6,8H2,1-2H3. The predicted octanol–water partition coefficient (Wildman–Crippen LogP) is 2.07. The van der Waals surface area contributed by atoms with E-state index < -0.39 is 0 Å². The summed E-state index contributed by atoms with van der Waals surface area (Å²) in [7, 11) is 1.91. The van der Waals surface area contributed by atoms with Gasteiger partial charge in [-0.05, 0) is 37.0 Å². The molecule has 5 heteroatoms. The lowest BCUT2D eigenvalue weighted by molar-refractivity contribution is 0.617. The van der Waals surface area contributed by atoms with Crippen molar-refractivity contribution in [3.05, 3.63) is 58.4 Å². The SMILES string of the molecule is Cc1cccc2c(=O)n(CCCc3cnn(C)c3)cnc12. The molecule has 0 atom stereocenters. The Bertz CT molecular complexity index is 832. The molecule has 21 heavy (non-hydrogen) atoms. The summed E-state index contributed by atoms with van der Waals surface area (Å²) in [6, 6.07) is 5.72. The second-order valence-corrected chi connectivity index (χ2v) is 5.34. The fraction of sp³-hybridized carbons (Fsp3) is 0.312. The minimum atomic E-state index is 0.0369. The number of hydrogen-bond acceptors (Lipinski definition) is 3. The van der Waals surface area contributed by atoms with Gasteiger partial charge in [0.15, 0.2) is 0 Å². The molecule has 0 amide bonds. The molecule has 0 spiro atoms. The fourth-order valence-electron chi connectivity index (χ4n) is 2.55. The molecule has 2 aromatic heterocycles. The summed E-state index contributed by atoms with van der Waals surface area (Å²) in [6.07, 6.45) is 7.33. The number of hydrogen-bond donors (Lipinski definition) is 0. The molecule has 3 rings (SSSR count). The highest BCUT2D eigenvalue weighted by molar-refractivity contribution is 5.80. The summed E-state index contributed by atoms with van der Waals surface area (Å²) < 4.78 is 3.49. The largest absolute Gasteiger partial charge is 0.299 e. The first-order valence-corrected chi connectivity index (χ1v) is 7.07. The highest BCUT2D eigenvalue weighted by atomic mass is 16.1. The van der Waals surface area contributed by atoms with Gasteiger partial charge in [-0.3, -0.25) is 14.0 Å². The summed E-state index contributed by atoms with van der Waals surface area (Å²) in [4.78, 5) is 16.9. The van der Waals surface area contributed by atoms with E-state index in [1.807, 2.05) is 44.6 Å². The molecule has 0 aliphatic carbocycles. The van der Waals surface area contributed by atoms with E-state index in [4.69, 9.17) is 0 Å². The molecule has 2 heterocycles. The van der Waals surface area contributed by atoms with Crippen LogP contribution in [0.3, 0.4) is 0 Å². The van der Waals surface area contributed by atoms with Gasteiger partial charge in [-0.1, -0.05) is 12.1 Å². The molecule has 0 saturated carbocycles. The number of para-hydroxylation sites is 1. The Morgan fingerprint density at radius 3 is 2.90 bits per heavy atom. The van der Waals surface area contributed by atoms with Crippen LogP contribution in [0.15, 0.2) is 41.7 Å². The fourth-order valence-corrected chi connectivity index (χ4v) is 2.55. The maximum Gasteiger partial charge on any atom is 0.261 e. The molecular weight excluding hydrogens is 264 g/mol. The van der Waals surface area contributed by atoms with Crippen molar-refractivity contribution in [2.24, 2.45) is 7.05 Å². The molecule has 0 bridgehead atoms. The lowest BCUT2D eigenvalue weighted by Crippen LogP contribution is -2.21. The van der Waals surface area contributed by atoms with Crippen LogP contribution in [0.1, 0.15) is 17.5 Å². The lowest BCUT2D eigenvalue weighted by atomic mass is 10.1. The van der Waals surface area contributed by atoms with E-state index in [1.165, 1.54) is 5.56 Å². The Morgan fingerprint density at radius 2 is 2.14 bits per heavy atom. The monoisotopic (exact) mass is 282 g/mol. The zero-order valence-corrected chi connectivity index (χ0v) is 12.3. The van der Waals surface area contributed by atoms with Crippen molar-refractivity contribution >= 4 is 10.9 Å². The molecule has 0 saturated heterocycles. The van der Waals surface area contributed by atoms with Gasteiger partial charge in [-0.2, -0.15) is 5.10 Å². The first-order valence-electron chi connectivity index (χ1n) is 7.07. The van der Waals surface area contributed by atoms with Crippen LogP contribution in [-0.2, 0) is 20.0 Å². The van der Waals surface area contributed by atoms with Crippen molar-refractivity contribution in [2.45, 2.75) is 26.3 Å². The number of benzene rings is 1. The number of nitrogens with zero attached hydrogens (tertiary/aromatic N) is 4. The molecule has 108 valence electrons. The van der Waals surface area contributed by atoms with Gasteiger partial charge in [-0.15, -0.1) is 0 Å². The molecule has 0 unspecified atom stereocenters. The van der Waals surface area contributed by atoms with Crippen molar-refractivity contribution in [3.63, 3.8) is 0 Å². The summed E-state index contributed by atoms with van der Waals surface area (Å²) in [6.45, 7) is 2.64. The van der Waals surface area contributed by atoms with Gasteiger partial charge >= 0.3 is 0 Å². The van der Waals surface area contributed by atoms with Crippen molar-refractivity contribution in [3.8, 4) is 0 Å². The third-order valence-electron chi connectivity index (χ3n) is 3.68. The second kappa shape index (κ2) is 5.52. The van der Waals surface area contributed by atoms with Crippen LogP contribution in [0.4, 0.5) is 0 Å². The molecule has 5 nitrogen and oxygen atoms in total. The van der Waals surface area contributed by atoms with Crippen LogP contribution < -0.4 is 5.56 Å². The minimum Gasteiger partial charge on any atom is -0.299 e. The van der Waals surface area contributed by atoms with Crippen LogP contribution in [0.2, 0.25) is 0 Å².